The molecule has 3 rings (SSSR count). The minimum absolute atomic E-state index is 0.205. The third-order valence-electron chi connectivity index (χ3n) is 5.06. The van der Waals surface area contributed by atoms with E-state index in [0.717, 1.165) is 32.3 Å². The number of carbonyl (C=O) groups is 1. The van der Waals surface area contributed by atoms with Gasteiger partial charge >= 0.3 is 0 Å². The maximum atomic E-state index is 12.5. The van der Waals surface area contributed by atoms with Gasteiger partial charge in [-0.25, -0.2) is 0 Å². The molecule has 3 unspecified atom stereocenters. The number of piperidine rings is 1. The van der Waals surface area contributed by atoms with Gasteiger partial charge in [-0.15, -0.1) is 0 Å². The fourth-order valence-corrected chi connectivity index (χ4v) is 3.94. The minimum Gasteiger partial charge on any atom is -0.381 e. The van der Waals surface area contributed by atoms with Crippen LogP contribution in [0.25, 0.3) is 0 Å². The predicted octanol–water partition coefficient (Wildman–Crippen LogP) is 1.85. The first-order chi connectivity index (χ1) is 8.25. The first-order valence-corrected chi connectivity index (χ1v) is 7.09. The Morgan fingerprint density at radius 1 is 1.12 bits per heavy atom. The van der Waals surface area contributed by atoms with Crippen LogP contribution in [0.1, 0.15) is 38.5 Å². The molecule has 0 radical (unpaired) electrons. The van der Waals surface area contributed by atoms with Crippen molar-refractivity contribution in [2.45, 2.75) is 50.6 Å². The van der Waals surface area contributed by atoms with Crippen molar-refractivity contribution in [3.63, 3.8) is 0 Å². The zero-order chi connectivity index (χ0) is 11.8. The summed E-state index contributed by atoms with van der Waals surface area (Å²) in [4.78, 5) is 15.0. The van der Waals surface area contributed by atoms with Gasteiger partial charge < -0.3 is 9.64 Å². The fraction of sp³-hybridized carbons (Fsp3) is 0.929. The summed E-state index contributed by atoms with van der Waals surface area (Å²) < 4.78 is 5.45. The number of carbonyl (C=O) groups excluding carboxylic acids is 1. The smallest absolute Gasteiger partial charge is 0.141 e. The normalized spacial score (nSPS) is 42.6. The standard InChI is InChI=1S/C14H23NO2/c1-15-12-4-5-13(15)8-11(7-12)14(16)10-3-2-6-17-9-10/h10-13H,2-9H2,1H3. The Bertz CT molecular complexity index is 285. The van der Waals surface area contributed by atoms with E-state index in [0.29, 0.717) is 30.4 Å². The molecule has 0 aromatic carbocycles. The van der Waals surface area contributed by atoms with Crippen molar-refractivity contribution in [2.24, 2.45) is 11.8 Å². The van der Waals surface area contributed by atoms with Crippen LogP contribution >= 0.6 is 0 Å². The molecule has 3 fully saturated rings. The Hall–Kier alpha value is -0.410. The summed E-state index contributed by atoms with van der Waals surface area (Å²) in [6, 6.07) is 1.35. The summed E-state index contributed by atoms with van der Waals surface area (Å²) in [7, 11) is 2.23. The van der Waals surface area contributed by atoms with Crippen LogP contribution in [0, 0.1) is 11.8 Å². The average molecular weight is 237 g/mol. The van der Waals surface area contributed by atoms with Crippen LogP contribution < -0.4 is 0 Å². The molecular weight excluding hydrogens is 214 g/mol. The summed E-state index contributed by atoms with van der Waals surface area (Å²) >= 11 is 0. The Morgan fingerprint density at radius 2 is 1.82 bits per heavy atom. The molecule has 0 aromatic heterocycles. The molecule has 0 aliphatic carbocycles. The molecular formula is C14H23NO2. The van der Waals surface area contributed by atoms with Crippen molar-refractivity contribution in [1.82, 2.24) is 4.90 Å². The molecule has 17 heavy (non-hydrogen) atoms. The minimum atomic E-state index is 0.205. The van der Waals surface area contributed by atoms with Crippen LogP contribution in [0.15, 0.2) is 0 Å². The Kier molecular flexibility index (Phi) is 3.22. The van der Waals surface area contributed by atoms with Crippen LogP contribution in [-0.2, 0) is 9.53 Å². The third kappa shape index (κ3) is 2.15. The monoisotopic (exact) mass is 237 g/mol. The number of nitrogens with zero attached hydrogens (tertiary/aromatic N) is 1. The molecule has 3 aliphatic rings. The van der Waals surface area contributed by atoms with E-state index >= 15 is 0 Å². The van der Waals surface area contributed by atoms with Gasteiger partial charge in [-0.05, 0) is 45.6 Å². The molecule has 0 N–H and O–H groups in total. The van der Waals surface area contributed by atoms with Crippen molar-refractivity contribution >= 4 is 5.78 Å². The highest BCUT2D eigenvalue weighted by Crippen LogP contribution is 2.39. The fourth-order valence-electron chi connectivity index (χ4n) is 3.94. The zero-order valence-electron chi connectivity index (χ0n) is 10.7. The van der Waals surface area contributed by atoms with Crippen LogP contribution in [-0.4, -0.2) is 43.0 Å². The van der Waals surface area contributed by atoms with Crippen LogP contribution in [0.4, 0.5) is 0 Å². The molecule has 96 valence electrons. The van der Waals surface area contributed by atoms with Gasteiger partial charge in [0.15, 0.2) is 0 Å². The van der Waals surface area contributed by atoms with Crippen molar-refractivity contribution in [3.05, 3.63) is 0 Å². The van der Waals surface area contributed by atoms with Crippen molar-refractivity contribution in [2.75, 3.05) is 20.3 Å². The van der Waals surface area contributed by atoms with E-state index in [4.69, 9.17) is 4.74 Å². The van der Waals surface area contributed by atoms with Gasteiger partial charge in [-0.3, -0.25) is 4.79 Å². The molecule has 0 saturated carbocycles. The lowest BCUT2D eigenvalue weighted by molar-refractivity contribution is -0.133. The van der Waals surface area contributed by atoms with E-state index < -0.39 is 0 Å². The van der Waals surface area contributed by atoms with Gasteiger partial charge in [0.05, 0.1) is 6.61 Å². The number of hydrogen-bond donors (Lipinski definition) is 0. The lowest BCUT2D eigenvalue weighted by atomic mass is 9.81. The van der Waals surface area contributed by atoms with E-state index in [1.54, 1.807) is 0 Å². The quantitative estimate of drug-likeness (QED) is 0.734. The molecule has 3 heterocycles. The van der Waals surface area contributed by atoms with Gasteiger partial charge in [0.25, 0.3) is 0 Å². The van der Waals surface area contributed by atoms with Crippen molar-refractivity contribution in [3.8, 4) is 0 Å². The largest absolute Gasteiger partial charge is 0.381 e. The lowest BCUT2D eigenvalue weighted by Crippen LogP contribution is -2.44. The number of ether oxygens (including phenoxy) is 1. The SMILES string of the molecule is CN1C2CCC1CC(C(=O)C1CCCOC1)C2. The van der Waals surface area contributed by atoms with Gasteiger partial charge in [0, 0.05) is 30.5 Å². The summed E-state index contributed by atoms with van der Waals surface area (Å²) in [5.74, 6) is 1.04. The second kappa shape index (κ2) is 4.69. The van der Waals surface area contributed by atoms with E-state index in [2.05, 4.69) is 11.9 Å². The Balaban J connectivity index is 1.63. The average Bonchev–Trinajstić information content (AvgIpc) is 2.61. The first-order valence-electron chi connectivity index (χ1n) is 7.09. The molecule has 3 aliphatic heterocycles. The topological polar surface area (TPSA) is 29.5 Å². The molecule has 3 saturated heterocycles. The van der Waals surface area contributed by atoms with Crippen LogP contribution in [0.3, 0.4) is 0 Å². The molecule has 3 heteroatoms. The molecule has 2 bridgehead atoms. The van der Waals surface area contributed by atoms with Crippen molar-refractivity contribution in [1.29, 1.82) is 0 Å². The number of ketones is 1. The van der Waals surface area contributed by atoms with E-state index in [1.165, 1.54) is 12.8 Å². The van der Waals surface area contributed by atoms with Crippen molar-refractivity contribution < 1.29 is 9.53 Å². The van der Waals surface area contributed by atoms with Gasteiger partial charge in [-0.1, -0.05) is 0 Å². The van der Waals surface area contributed by atoms with E-state index in [9.17, 15) is 4.79 Å². The summed E-state index contributed by atoms with van der Waals surface area (Å²) in [6.07, 6.45) is 6.92. The molecule has 0 spiro atoms. The number of fused-ring (bicyclic) bond motifs is 2. The van der Waals surface area contributed by atoms with E-state index in [1.807, 2.05) is 0 Å². The van der Waals surface area contributed by atoms with Gasteiger partial charge in [0.1, 0.15) is 5.78 Å². The third-order valence-corrected chi connectivity index (χ3v) is 5.06. The van der Waals surface area contributed by atoms with Gasteiger partial charge in [0.2, 0.25) is 0 Å². The lowest BCUT2D eigenvalue weighted by Gasteiger charge is -2.37. The first kappa shape index (κ1) is 11.7. The van der Waals surface area contributed by atoms with Gasteiger partial charge in [-0.2, -0.15) is 0 Å². The summed E-state index contributed by atoms with van der Waals surface area (Å²) in [6.45, 7) is 1.53. The maximum absolute atomic E-state index is 12.5. The second-order valence-electron chi connectivity index (χ2n) is 6.04. The highest BCUT2D eigenvalue weighted by molar-refractivity contribution is 5.84. The zero-order valence-corrected chi connectivity index (χ0v) is 10.7. The highest BCUT2D eigenvalue weighted by atomic mass is 16.5. The Labute approximate surface area is 104 Å². The summed E-state index contributed by atoms with van der Waals surface area (Å²) in [5.41, 5.74) is 0. The molecule has 3 atom stereocenters. The molecule has 0 aromatic rings. The predicted molar refractivity (Wildman–Crippen MR) is 65.8 cm³/mol. The van der Waals surface area contributed by atoms with Crippen LogP contribution in [0.5, 0.6) is 0 Å². The number of Topliss-reactive ketones (excluding diaryl/α,β-unsaturated/α-hetero) is 1. The molecule has 3 nitrogen and oxygen atoms in total. The second-order valence-corrected chi connectivity index (χ2v) is 6.04. The number of hydrogen-bond acceptors (Lipinski definition) is 3. The highest BCUT2D eigenvalue weighted by Gasteiger charge is 2.42. The molecule has 0 amide bonds. The van der Waals surface area contributed by atoms with E-state index in [-0.39, 0.29) is 5.92 Å². The maximum Gasteiger partial charge on any atom is 0.141 e. The number of rotatable bonds is 2. The van der Waals surface area contributed by atoms with Crippen LogP contribution in [0.2, 0.25) is 0 Å². The Morgan fingerprint density at radius 3 is 2.41 bits per heavy atom. The summed E-state index contributed by atoms with van der Waals surface area (Å²) in [5, 5.41) is 0.